The van der Waals surface area contributed by atoms with Crippen LogP contribution in [0.2, 0.25) is 0 Å². The third kappa shape index (κ3) is 3.08. The molecule has 3 aromatic heterocycles. The van der Waals surface area contributed by atoms with Gasteiger partial charge in [-0.1, -0.05) is 5.16 Å². The molecule has 0 bridgehead atoms. The average molecular weight is 411 g/mol. The monoisotopic (exact) mass is 411 g/mol. The van der Waals surface area contributed by atoms with E-state index >= 15 is 0 Å². The molecule has 0 radical (unpaired) electrons. The van der Waals surface area contributed by atoms with Gasteiger partial charge in [0.15, 0.2) is 0 Å². The molecule has 30 heavy (non-hydrogen) atoms. The molecule has 1 saturated heterocycles. The van der Waals surface area contributed by atoms with Crippen LogP contribution in [0.4, 0.5) is 10.5 Å². The molecular weight excluding hydrogens is 386 g/mol. The number of amides is 3. The highest BCUT2D eigenvalue weighted by molar-refractivity contribution is 6.22. The fourth-order valence-corrected chi connectivity index (χ4v) is 3.75. The number of anilines is 1. The van der Waals surface area contributed by atoms with E-state index in [2.05, 4.69) is 15.4 Å². The molecule has 3 amide bonds. The fraction of sp³-hybridized carbons (Fsp3) is 0.450. The molecule has 0 aromatic carbocycles. The Labute approximate surface area is 174 Å². The van der Waals surface area contributed by atoms with Gasteiger partial charge in [0.1, 0.15) is 11.3 Å². The molecule has 0 saturated carbocycles. The zero-order chi connectivity index (χ0) is 21.8. The Hall–Kier alpha value is -3.43. The van der Waals surface area contributed by atoms with Crippen LogP contribution in [0.5, 0.6) is 0 Å². The standard InChI is InChI=1S/C20H25N7O3/c1-12-7-15(24(6)22-12)10-26-19(29)27(18(28)20(26,4)5)16-8-21-25(9-16)11-17-13(2)23-30-14(17)3/h7-9H,10-11H2,1-6H3. The Morgan fingerprint density at radius 2 is 1.87 bits per heavy atom. The van der Waals surface area contributed by atoms with Crippen molar-refractivity contribution in [2.45, 2.75) is 53.2 Å². The normalized spacial score (nSPS) is 16.2. The second-order valence-corrected chi connectivity index (χ2v) is 8.17. The van der Waals surface area contributed by atoms with E-state index < -0.39 is 5.54 Å². The van der Waals surface area contributed by atoms with Gasteiger partial charge in [0.25, 0.3) is 5.91 Å². The van der Waals surface area contributed by atoms with Crippen molar-refractivity contribution in [1.29, 1.82) is 0 Å². The Morgan fingerprint density at radius 3 is 2.47 bits per heavy atom. The Morgan fingerprint density at radius 1 is 1.13 bits per heavy atom. The maximum Gasteiger partial charge on any atom is 0.332 e. The van der Waals surface area contributed by atoms with Crippen molar-refractivity contribution >= 4 is 17.6 Å². The SMILES string of the molecule is Cc1cc(CN2C(=O)N(c3cnn(Cc4c(C)noc4C)c3)C(=O)C2(C)C)n(C)n1. The smallest absolute Gasteiger partial charge is 0.332 e. The van der Waals surface area contributed by atoms with Crippen molar-refractivity contribution in [3.05, 3.63) is 46.9 Å². The van der Waals surface area contributed by atoms with Crippen LogP contribution in [0.1, 0.15) is 42.3 Å². The molecule has 1 aliphatic rings. The summed E-state index contributed by atoms with van der Waals surface area (Å²) in [5.74, 6) is 0.430. The van der Waals surface area contributed by atoms with Gasteiger partial charge < -0.3 is 9.42 Å². The van der Waals surface area contributed by atoms with Gasteiger partial charge >= 0.3 is 6.03 Å². The number of nitrogens with zero attached hydrogens (tertiary/aromatic N) is 7. The minimum atomic E-state index is -0.987. The second-order valence-electron chi connectivity index (χ2n) is 8.17. The maximum absolute atomic E-state index is 13.2. The first-order valence-electron chi connectivity index (χ1n) is 9.69. The number of carbonyl (C=O) groups is 2. The average Bonchev–Trinajstić information content (AvgIpc) is 3.38. The minimum Gasteiger partial charge on any atom is -0.361 e. The quantitative estimate of drug-likeness (QED) is 0.597. The van der Waals surface area contributed by atoms with Crippen LogP contribution in [0, 0.1) is 20.8 Å². The summed E-state index contributed by atoms with van der Waals surface area (Å²) in [7, 11) is 1.83. The third-order valence-electron chi connectivity index (χ3n) is 5.62. The summed E-state index contributed by atoms with van der Waals surface area (Å²) < 4.78 is 8.59. The number of aryl methyl sites for hydroxylation is 4. The molecule has 4 rings (SSSR count). The van der Waals surface area contributed by atoms with E-state index in [1.165, 1.54) is 11.1 Å². The Bertz CT molecular complexity index is 1120. The van der Waals surface area contributed by atoms with E-state index in [4.69, 9.17) is 4.52 Å². The van der Waals surface area contributed by atoms with Crippen molar-refractivity contribution in [2.75, 3.05) is 4.90 Å². The van der Waals surface area contributed by atoms with Gasteiger partial charge in [-0.25, -0.2) is 9.69 Å². The van der Waals surface area contributed by atoms with E-state index in [9.17, 15) is 9.59 Å². The topological polar surface area (TPSA) is 102 Å². The number of imide groups is 1. The van der Waals surface area contributed by atoms with E-state index in [1.54, 1.807) is 34.3 Å². The van der Waals surface area contributed by atoms with Crippen LogP contribution < -0.4 is 4.90 Å². The van der Waals surface area contributed by atoms with Gasteiger partial charge in [0.2, 0.25) is 0 Å². The molecule has 0 spiro atoms. The molecule has 1 fully saturated rings. The van der Waals surface area contributed by atoms with E-state index in [1.807, 2.05) is 33.9 Å². The lowest BCUT2D eigenvalue weighted by atomic mass is 10.0. The maximum atomic E-state index is 13.2. The third-order valence-corrected chi connectivity index (χ3v) is 5.62. The summed E-state index contributed by atoms with van der Waals surface area (Å²) in [6, 6.07) is 1.54. The summed E-state index contributed by atoms with van der Waals surface area (Å²) >= 11 is 0. The molecule has 0 unspecified atom stereocenters. The van der Waals surface area contributed by atoms with Gasteiger partial charge in [-0.05, 0) is 40.7 Å². The van der Waals surface area contributed by atoms with Crippen LogP contribution >= 0.6 is 0 Å². The molecule has 4 heterocycles. The van der Waals surface area contributed by atoms with Crippen LogP contribution in [0.3, 0.4) is 0 Å². The number of hydrogen-bond acceptors (Lipinski definition) is 6. The first-order valence-corrected chi connectivity index (χ1v) is 9.69. The Balaban J connectivity index is 1.60. The highest BCUT2D eigenvalue weighted by Gasteiger charge is 2.52. The summed E-state index contributed by atoms with van der Waals surface area (Å²) in [6.07, 6.45) is 3.22. The summed E-state index contributed by atoms with van der Waals surface area (Å²) in [5, 5.41) is 12.6. The van der Waals surface area contributed by atoms with Gasteiger partial charge in [-0.15, -0.1) is 0 Å². The zero-order valence-corrected chi connectivity index (χ0v) is 18.0. The molecular formula is C20H25N7O3. The van der Waals surface area contributed by atoms with Crippen molar-refractivity contribution in [3.8, 4) is 0 Å². The molecule has 10 heteroatoms. The van der Waals surface area contributed by atoms with E-state index in [0.717, 1.165) is 28.4 Å². The van der Waals surface area contributed by atoms with Crippen molar-refractivity contribution in [2.24, 2.45) is 7.05 Å². The lowest BCUT2D eigenvalue weighted by Crippen LogP contribution is -2.44. The molecule has 0 atom stereocenters. The van der Waals surface area contributed by atoms with Gasteiger partial charge in [-0.3, -0.25) is 14.2 Å². The molecule has 1 aliphatic heterocycles. The molecule has 0 N–H and O–H groups in total. The van der Waals surface area contributed by atoms with E-state index in [0.29, 0.717) is 18.8 Å². The van der Waals surface area contributed by atoms with Gasteiger partial charge in [0, 0.05) is 18.8 Å². The second kappa shape index (κ2) is 6.82. The number of hydrogen-bond donors (Lipinski definition) is 0. The molecule has 0 aliphatic carbocycles. The number of aromatic nitrogens is 5. The lowest BCUT2D eigenvalue weighted by molar-refractivity contribution is -0.123. The molecule has 3 aromatic rings. The number of carbonyl (C=O) groups excluding carboxylic acids is 2. The predicted molar refractivity (Wildman–Crippen MR) is 108 cm³/mol. The fourth-order valence-electron chi connectivity index (χ4n) is 3.75. The summed E-state index contributed by atoms with van der Waals surface area (Å²) in [5.41, 5.74) is 2.89. The highest BCUT2D eigenvalue weighted by atomic mass is 16.5. The van der Waals surface area contributed by atoms with E-state index in [-0.39, 0.29) is 11.9 Å². The minimum absolute atomic E-state index is 0.289. The highest BCUT2D eigenvalue weighted by Crippen LogP contribution is 2.33. The lowest BCUT2D eigenvalue weighted by Gasteiger charge is -2.27. The molecule has 158 valence electrons. The zero-order valence-electron chi connectivity index (χ0n) is 18.0. The van der Waals surface area contributed by atoms with Crippen molar-refractivity contribution in [1.82, 2.24) is 29.6 Å². The summed E-state index contributed by atoms with van der Waals surface area (Å²) in [4.78, 5) is 29.1. The van der Waals surface area contributed by atoms with Gasteiger partial charge in [-0.2, -0.15) is 10.2 Å². The van der Waals surface area contributed by atoms with Crippen LogP contribution in [0.25, 0.3) is 0 Å². The number of rotatable bonds is 5. The first kappa shape index (κ1) is 19.9. The number of urea groups is 1. The van der Waals surface area contributed by atoms with Gasteiger partial charge in [0.05, 0.1) is 42.1 Å². The molecule has 10 nitrogen and oxygen atoms in total. The Kier molecular flexibility index (Phi) is 4.52. The summed E-state index contributed by atoms with van der Waals surface area (Å²) in [6.45, 7) is 9.84. The van der Waals surface area contributed by atoms with Crippen molar-refractivity contribution in [3.63, 3.8) is 0 Å². The first-order chi connectivity index (χ1) is 14.1. The van der Waals surface area contributed by atoms with Crippen molar-refractivity contribution < 1.29 is 14.1 Å². The van der Waals surface area contributed by atoms with Crippen LogP contribution in [-0.2, 0) is 24.9 Å². The largest absolute Gasteiger partial charge is 0.361 e. The van der Waals surface area contributed by atoms with Crippen LogP contribution in [-0.4, -0.2) is 47.1 Å². The predicted octanol–water partition coefficient (Wildman–Crippen LogP) is 2.33. The van der Waals surface area contributed by atoms with Crippen LogP contribution in [0.15, 0.2) is 23.0 Å².